The Morgan fingerprint density at radius 1 is 0.375 bits per heavy atom. The average Bonchev–Trinajstić information content (AvgIpc) is 3.85. The lowest BCUT2D eigenvalue weighted by Crippen LogP contribution is -1.94. The number of hydrogen-bond donors (Lipinski definition) is 0. The Bertz CT molecular complexity index is 3490. The number of rotatable bonds is 4. The molecule has 0 fully saturated rings. The number of aromatic nitrogens is 2. The largest absolute Gasteiger partial charge is 0.456 e. The molecule has 0 saturated heterocycles. The molecule has 4 heteroatoms. The molecule has 12 aromatic rings. The van der Waals surface area contributed by atoms with Crippen LogP contribution in [0.15, 0.2) is 186 Å². The van der Waals surface area contributed by atoms with E-state index < -0.39 is 0 Å². The number of nitrogens with zero attached hydrogens (tertiary/aromatic N) is 2. The van der Waals surface area contributed by atoms with E-state index in [2.05, 4.69) is 170 Å². The Labute approximate surface area is 325 Å². The molecule has 0 spiro atoms. The Kier molecular flexibility index (Phi) is 6.80. The molecule has 12 rings (SSSR count). The smallest absolute Gasteiger partial charge is 0.161 e. The van der Waals surface area contributed by atoms with Gasteiger partial charge in [0.15, 0.2) is 5.82 Å². The van der Waals surface area contributed by atoms with Crippen LogP contribution in [0, 0.1) is 0 Å². The molecular weight excluding hydrogens is 701 g/mol. The molecule has 0 amide bonds. The minimum atomic E-state index is 0.686. The lowest BCUT2D eigenvalue weighted by molar-refractivity contribution is 0.669. The highest BCUT2D eigenvalue weighted by atomic mass is 32.1. The molecule has 0 unspecified atom stereocenters. The first-order valence-corrected chi connectivity index (χ1v) is 19.7. The first-order chi connectivity index (χ1) is 27.7. The molecule has 0 radical (unpaired) electrons. The van der Waals surface area contributed by atoms with Crippen molar-refractivity contribution in [2.75, 3.05) is 0 Å². The molecule has 0 aliphatic carbocycles. The quantitative estimate of drug-likeness (QED) is 0.169. The topological polar surface area (TPSA) is 38.9 Å². The number of thiophene rings is 1. The lowest BCUT2D eigenvalue weighted by Gasteiger charge is -2.12. The van der Waals surface area contributed by atoms with Crippen molar-refractivity contribution in [2.24, 2.45) is 0 Å². The maximum atomic E-state index is 6.54. The SMILES string of the molecule is c1ccc(-c2ccc(-c3nc(-c4cccc5oc6ccc(-c7ccc8c9ccccc9c9ccccc9c8c7)cc6c45)nc4c3sc3ccccc34)cc2)cc1. The molecule has 0 bridgehead atoms. The minimum absolute atomic E-state index is 0.686. The summed E-state index contributed by atoms with van der Waals surface area (Å²) in [6.07, 6.45) is 0. The predicted molar refractivity (Wildman–Crippen MR) is 236 cm³/mol. The van der Waals surface area contributed by atoms with Crippen molar-refractivity contribution in [1.29, 1.82) is 0 Å². The molecule has 3 nitrogen and oxygen atoms in total. The normalized spacial score (nSPS) is 11.9. The fourth-order valence-corrected chi connectivity index (χ4v) is 9.79. The van der Waals surface area contributed by atoms with Crippen LogP contribution in [0.4, 0.5) is 0 Å². The van der Waals surface area contributed by atoms with E-state index in [9.17, 15) is 0 Å². The van der Waals surface area contributed by atoms with E-state index in [1.165, 1.54) is 48.1 Å². The van der Waals surface area contributed by atoms with E-state index in [0.717, 1.165) is 65.5 Å². The Hall–Kier alpha value is -7.14. The monoisotopic (exact) mass is 730 g/mol. The van der Waals surface area contributed by atoms with Gasteiger partial charge < -0.3 is 4.42 Å². The maximum Gasteiger partial charge on any atom is 0.161 e. The molecule has 0 atom stereocenters. The standard InChI is InChI=1S/C52H30N2OS/c1-2-11-31(12-3-1)32-21-23-33(24-22-32)49-51-50(41-17-8-9-20-47(41)56-51)54-52(53-49)42-18-10-19-46-48(42)44-30-35(26-28-45(44)55-46)34-25-27-40-38-15-5-4-13-36(38)37-14-6-7-16-39(37)43(40)29-34/h1-30H. The van der Waals surface area contributed by atoms with Crippen molar-refractivity contribution in [3.63, 3.8) is 0 Å². The van der Waals surface area contributed by atoms with Crippen molar-refractivity contribution in [3.8, 4) is 44.9 Å². The van der Waals surface area contributed by atoms with Gasteiger partial charge in [0.1, 0.15) is 11.2 Å². The molecule has 3 aromatic heterocycles. The zero-order valence-electron chi connectivity index (χ0n) is 30.0. The summed E-state index contributed by atoms with van der Waals surface area (Å²) >= 11 is 1.75. The van der Waals surface area contributed by atoms with Gasteiger partial charge in [-0.25, -0.2) is 9.97 Å². The van der Waals surface area contributed by atoms with Crippen LogP contribution >= 0.6 is 11.3 Å². The summed E-state index contributed by atoms with van der Waals surface area (Å²) in [6, 6.07) is 64.9. The summed E-state index contributed by atoms with van der Waals surface area (Å²) in [5.74, 6) is 0.686. The van der Waals surface area contributed by atoms with Gasteiger partial charge in [-0.3, -0.25) is 0 Å². The molecule has 56 heavy (non-hydrogen) atoms. The molecule has 260 valence electrons. The van der Waals surface area contributed by atoms with E-state index in [4.69, 9.17) is 14.4 Å². The average molecular weight is 731 g/mol. The van der Waals surface area contributed by atoms with Gasteiger partial charge in [0, 0.05) is 32.0 Å². The number of benzene rings is 9. The summed E-state index contributed by atoms with van der Waals surface area (Å²) in [4.78, 5) is 10.7. The number of fused-ring (bicyclic) bond motifs is 12. The molecule has 9 aromatic carbocycles. The fraction of sp³-hybridized carbons (Fsp3) is 0. The van der Waals surface area contributed by atoms with Crippen molar-refractivity contribution >= 4 is 85.9 Å². The molecule has 0 aliphatic rings. The van der Waals surface area contributed by atoms with Gasteiger partial charge in [-0.05, 0) is 84.9 Å². The van der Waals surface area contributed by atoms with Crippen LogP contribution in [0.3, 0.4) is 0 Å². The summed E-state index contributed by atoms with van der Waals surface area (Å²) in [6.45, 7) is 0. The number of furan rings is 1. The molecule has 3 heterocycles. The van der Waals surface area contributed by atoms with Gasteiger partial charge >= 0.3 is 0 Å². The van der Waals surface area contributed by atoms with Gasteiger partial charge in [0.2, 0.25) is 0 Å². The zero-order valence-corrected chi connectivity index (χ0v) is 30.8. The van der Waals surface area contributed by atoms with Crippen LogP contribution in [0.2, 0.25) is 0 Å². The highest BCUT2D eigenvalue weighted by Gasteiger charge is 2.20. The zero-order chi connectivity index (χ0) is 36.7. The van der Waals surface area contributed by atoms with Crippen molar-refractivity contribution in [1.82, 2.24) is 9.97 Å². The predicted octanol–water partition coefficient (Wildman–Crippen LogP) is 14.9. The van der Waals surface area contributed by atoms with Crippen LogP contribution < -0.4 is 0 Å². The van der Waals surface area contributed by atoms with Crippen LogP contribution in [-0.2, 0) is 0 Å². The van der Waals surface area contributed by atoms with Gasteiger partial charge in [0.25, 0.3) is 0 Å². The second-order valence-electron chi connectivity index (χ2n) is 14.5. The van der Waals surface area contributed by atoms with Crippen LogP contribution in [0.5, 0.6) is 0 Å². The van der Waals surface area contributed by atoms with Crippen molar-refractivity contribution in [2.45, 2.75) is 0 Å². The maximum absolute atomic E-state index is 6.54. The van der Waals surface area contributed by atoms with Gasteiger partial charge in [-0.2, -0.15) is 0 Å². The lowest BCUT2D eigenvalue weighted by atomic mass is 9.92. The summed E-state index contributed by atoms with van der Waals surface area (Å²) in [5, 5.41) is 10.8. The van der Waals surface area contributed by atoms with Gasteiger partial charge in [0.05, 0.1) is 15.9 Å². The first-order valence-electron chi connectivity index (χ1n) is 18.9. The molecule has 0 N–H and O–H groups in total. The third kappa shape index (κ3) is 4.76. The minimum Gasteiger partial charge on any atom is -0.456 e. The number of hydrogen-bond acceptors (Lipinski definition) is 4. The second-order valence-corrected chi connectivity index (χ2v) is 15.5. The Balaban J connectivity index is 1.06. The van der Waals surface area contributed by atoms with E-state index in [1.54, 1.807) is 11.3 Å². The molecule has 0 aliphatic heterocycles. The van der Waals surface area contributed by atoms with Crippen LogP contribution in [0.25, 0.3) is 119 Å². The fourth-order valence-electron chi connectivity index (χ4n) is 8.64. The Morgan fingerprint density at radius 2 is 0.946 bits per heavy atom. The molecule has 0 saturated carbocycles. The first kappa shape index (κ1) is 31.2. The summed E-state index contributed by atoms with van der Waals surface area (Å²) in [5.41, 5.74) is 10.2. The van der Waals surface area contributed by atoms with E-state index >= 15 is 0 Å². The third-order valence-corrected chi connectivity index (χ3v) is 12.5. The molecular formula is C52H30N2OS. The van der Waals surface area contributed by atoms with Gasteiger partial charge in [-0.1, -0.05) is 152 Å². The second kappa shape index (κ2) is 12.2. The Morgan fingerprint density at radius 3 is 1.70 bits per heavy atom. The van der Waals surface area contributed by atoms with Gasteiger partial charge in [-0.15, -0.1) is 11.3 Å². The highest BCUT2D eigenvalue weighted by Crippen LogP contribution is 2.43. The van der Waals surface area contributed by atoms with E-state index in [0.29, 0.717) is 5.82 Å². The van der Waals surface area contributed by atoms with Crippen LogP contribution in [-0.4, -0.2) is 9.97 Å². The highest BCUT2D eigenvalue weighted by molar-refractivity contribution is 7.26. The summed E-state index contributed by atoms with van der Waals surface area (Å²) < 4.78 is 8.83. The van der Waals surface area contributed by atoms with E-state index in [1.807, 2.05) is 12.1 Å². The van der Waals surface area contributed by atoms with E-state index in [-0.39, 0.29) is 0 Å². The third-order valence-electron chi connectivity index (χ3n) is 11.3. The summed E-state index contributed by atoms with van der Waals surface area (Å²) in [7, 11) is 0. The van der Waals surface area contributed by atoms with Crippen LogP contribution in [0.1, 0.15) is 0 Å². The van der Waals surface area contributed by atoms with Crippen molar-refractivity contribution < 1.29 is 4.42 Å². The van der Waals surface area contributed by atoms with Crippen molar-refractivity contribution in [3.05, 3.63) is 182 Å².